The molecule has 1 atom stereocenters. The van der Waals surface area contributed by atoms with Gasteiger partial charge in [0.2, 0.25) is 0 Å². The van der Waals surface area contributed by atoms with Crippen LogP contribution in [0.3, 0.4) is 0 Å². The van der Waals surface area contributed by atoms with Crippen LogP contribution < -0.4 is 4.74 Å². The first-order valence-electron chi connectivity index (χ1n) is 5.25. The first-order chi connectivity index (χ1) is 8.54. The molecule has 6 heteroatoms. The van der Waals surface area contributed by atoms with E-state index in [1.54, 1.807) is 6.92 Å². The molecular formula is C12H14O6. The third-order valence-electron chi connectivity index (χ3n) is 2.32. The number of ether oxygens (including phenoxy) is 2. The van der Waals surface area contributed by atoms with Gasteiger partial charge in [-0.1, -0.05) is 0 Å². The highest BCUT2D eigenvalue weighted by Crippen LogP contribution is 2.32. The number of rotatable bonds is 5. The van der Waals surface area contributed by atoms with E-state index in [2.05, 4.69) is 4.74 Å². The molecule has 18 heavy (non-hydrogen) atoms. The van der Waals surface area contributed by atoms with Crippen molar-refractivity contribution in [2.75, 3.05) is 13.7 Å². The Kier molecular flexibility index (Phi) is 4.67. The molecule has 6 nitrogen and oxygen atoms in total. The molecule has 0 bridgehead atoms. The van der Waals surface area contributed by atoms with Crippen molar-refractivity contribution in [2.24, 2.45) is 0 Å². The van der Waals surface area contributed by atoms with Crippen molar-refractivity contribution in [2.45, 2.75) is 13.0 Å². The number of hydrogen-bond acceptors (Lipinski definition) is 6. The van der Waals surface area contributed by atoms with Gasteiger partial charge in [-0.25, -0.2) is 4.79 Å². The Balaban J connectivity index is 3.19. The van der Waals surface area contributed by atoms with E-state index in [0.29, 0.717) is 6.29 Å². The highest BCUT2D eigenvalue weighted by Gasteiger charge is 2.23. The number of aliphatic hydroxyl groups excluding tert-OH is 1. The molecular weight excluding hydrogens is 240 g/mol. The molecule has 0 fully saturated rings. The number of esters is 1. The maximum Gasteiger partial charge on any atom is 0.339 e. The quantitative estimate of drug-likeness (QED) is 0.596. The molecule has 0 radical (unpaired) electrons. The Bertz CT molecular complexity index is 454. The maximum absolute atomic E-state index is 11.4. The molecule has 0 aliphatic carbocycles. The molecule has 0 aliphatic heterocycles. The lowest BCUT2D eigenvalue weighted by atomic mass is 10.0. The van der Waals surface area contributed by atoms with Crippen molar-refractivity contribution < 1.29 is 29.3 Å². The molecule has 0 heterocycles. The van der Waals surface area contributed by atoms with Crippen LogP contribution in [-0.4, -0.2) is 36.2 Å². The van der Waals surface area contributed by atoms with Gasteiger partial charge in [0.1, 0.15) is 0 Å². The van der Waals surface area contributed by atoms with E-state index in [1.807, 2.05) is 0 Å². The average molecular weight is 254 g/mol. The Morgan fingerprint density at radius 1 is 1.50 bits per heavy atom. The van der Waals surface area contributed by atoms with Crippen LogP contribution in [0.5, 0.6) is 11.5 Å². The van der Waals surface area contributed by atoms with Crippen LogP contribution in [0.15, 0.2) is 12.1 Å². The van der Waals surface area contributed by atoms with Crippen LogP contribution in [0.2, 0.25) is 0 Å². The third-order valence-corrected chi connectivity index (χ3v) is 2.32. The lowest BCUT2D eigenvalue weighted by Crippen LogP contribution is -2.17. The largest absolute Gasteiger partial charge is 0.504 e. The molecule has 0 amide bonds. The van der Waals surface area contributed by atoms with Gasteiger partial charge in [-0.15, -0.1) is 0 Å². The zero-order chi connectivity index (χ0) is 13.7. The van der Waals surface area contributed by atoms with Gasteiger partial charge in [0.05, 0.1) is 13.7 Å². The van der Waals surface area contributed by atoms with Crippen molar-refractivity contribution in [1.29, 1.82) is 0 Å². The van der Waals surface area contributed by atoms with Crippen molar-refractivity contribution in [1.82, 2.24) is 0 Å². The maximum atomic E-state index is 11.4. The van der Waals surface area contributed by atoms with Gasteiger partial charge in [0, 0.05) is 11.1 Å². The molecule has 0 aromatic heterocycles. The topological polar surface area (TPSA) is 93.1 Å². The number of aliphatic hydroxyl groups is 1. The number of carbonyl (C=O) groups excluding carboxylic acids is 2. The van der Waals surface area contributed by atoms with Gasteiger partial charge in [-0.05, 0) is 19.1 Å². The number of methoxy groups -OCH3 is 1. The van der Waals surface area contributed by atoms with Crippen LogP contribution in [0.25, 0.3) is 0 Å². The molecule has 1 aromatic rings. The van der Waals surface area contributed by atoms with Gasteiger partial charge < -0.3 is 19.7 Å². The standard InChI is InChI=1S/C12H14O6/c1-3-18-12(16)11(15)8-5-9(14)10(17-2)4-7(8)6-13/h4-6,11,14-15H,3H2,1-2H3. The van der Waals surface area contributed by atoms with Crippen LogP contribution in [0.4, 0.5) is 0 Å². The van der Waals surface area contributed by atoms with E-state index in [1.165, 1.54) is 13.2 Å². The average Bonchev–Trinajstić information content (AvgIpc) is 2.37. The Morgan fingerprint density at radius 2 is 2.17 bits per heavy atom. The predicted octanol–water partition coefficient (Wildman–Crippen LogP) is 0.810. The van der Waals surface area contributed by atoms with Crippen LogP contribution in [-0.2, 0) is 9.53 Å². The van der Waals surface area contributed by atoms with E-state index in [0.717, 1.165) is 6.07 Å². The summed E-state index contributed by atoms with van der Waals surface area (Å²) in [7, 11) is 1.32. The number of benzene rings is 1. The minimum atomic E-state index is -1.62. The van der Waals surface area contributed by atoms with Crippen molar-refractivity contribution in [3.05, 3.63) is 23.3 Å². The number of carbonyl (C=O) groups is 2. The molecule has 1 aromatic carbocycles. The first-order valence-corrected chi connectivity index (χ1v) is 5.25. The molecule has 2 N–H and O–H groups in total. The molecule has 1 unspecified atom stereocenters. The van der Waals surface area contributed by atoms with Gasteiger partial charge >= 0.3 is 5.97 Å². The number of phenols is 1. The lowest BCUT2D eigenvalue weighted by molar-refractivity contribution is -0.153. The normalized spacial score (nSPS) is 11.7. The van der Waals surface area contributed by atoms with E-state index >= 15 is 0 Å². The molecule has 1 rings (SSSR count). The van der Waals surface area contributed by atoms with E-state index in [-0.39, 0.29) is 29.2 Å². The van der Waals surface area contributed by atoms with Crippen molar-refractivity contribution in [3.8, 4) is 11.5 Å². The predicted molar refractivity (Wildman–Crippen MR) is 61.6 cm³/mol. The van der Waals surface area contributed by atoms with Gasteiger partial charge in [0.25, 0.3) is 0 Å². The Labute approximate surface area is 104 Å². The van der Waals surface area contributed by atoms with E-state index in [9.17, 15) is 19.8 Å². The Hall–Kier alpha value is -2.08. The highest BCUT2D eigenvalue weighted by atomic mass is 16.5. The summed E-state index contributed by atoms with van der Waals surface area (Å²) in [5, 5.41) is 19.3. The fourth-order valence-electron chi connectivity index (χ4n) is 1.45. The molecule has 0 aliphatic rings. The first kappa shape index (κ1) is 14.0. The zero-order valence-electron chi connectivity index (χ0n) is 10.0. The van der Waals surface area contributed by atoms with Crippen molar-refractivity contribution >= 4 is 12.3 Å². The van der Waals surface area contributed by atoms with Crippen LogP contribution in [0.1, 0.15) is 28.9 Å². The van der Waals surface area contributed by atoms with Gasteiger partial charge in [-0.2, -0.15) is 0 Å². The SMILES string of the molecule is CCOC(=O)C(O)c1cc(O)c(OC)cc1C=O. The summed E-state index contributed by atoms with van der Waals surface area (Å²) in [5.41, 5.74) is 0.0203. The fourth-order valence-corrected chi connectivity index (χ4v) is 1.45. The number of phenolic OH excluding ortho intramolecular Hbond substituents is 1. The second-order valence-electron chi connectivity index (χ2n) is 3.43. The van der Waals surface area contributed by atoms with Gasteiger partial charge in [-0.3, -0.25) is 4.79 Å². The second-order valence-corrected chi connectivity index (χ2v) is 3.43. The molecule has 0 saturated heterocycles. The number of aromatic hydroxyl groups is 1. The Morgan fingerprint density at radius 3 is 2.67 bits per heavy atom. The second kappa shape index (κ2) is 6.02. The van der Waals surface area contributed by atoms with E-state index in [4.69, 9.17) is 4.74 Å². The molecule has 0 saturated carbocycles. The minimum Gasteiger partial charge on any atom is -0.504 e. The number of hydrogen-bond donors (Lipinski definition) is 2. The smallest absolute Gasteiger partial charge is 0.339 e. The number of aldehydes is 1. The monoisotopic (exact) mass is 254 g/mol. The van der Waals surface area contributed by atoms with Crippen LogP contribution in [0, 0.1) is 0 Å². The summed E-state index contributed by atoms with van der Waals surface area (Å²) in [4.78, 5) is 22.3. The minimum absolute atomic E-state index is 0.0262. The van der Waals surface area contributed by atoms with Gasteiger partial charge in [0.15, 0.2) is 23.9 Å². The summed E-state index contributed by atoms with van der Waals surface area (Å²) in [5.74, 6) is -1.08. The lowest BCUT2D eigenvalue weighted by Gasteiger charge is -2.14. The molecule has 98 valence electrons. The summed E-state index contributed by atoms with van der Waals surface area (Å²) in [6.45, 7) is 1.70. The third kappa shape index (κ3) is 2.78. The highest BCUT2D eigenvalue weighted by molar-refractivity contribution is 5.85. The summed E-state index contributed by atoms with van der Waals surface area (Å²) < 4.78 is 9.46. The summed E-state index contributed by atoms with van der Waals surface area (Å²) in [6.07, 6.45) is -1.17. The van der Waals surface area contributed by atoms with E-state index < -0.39 is 12.1 Å². The summed E-state index contributed by atoms with van der Waals surface area (Å²) >= 11 is 0. The summed E-state index contributed by atoms with van der Waals surface area (Å²) in [6, 6.07) is 2.34. The molecule has 0 spiro atoms. The van der Waals surface area contributed by atoms with Crippen molar-refractivity contribution in [3.63, 3.8) is 0 Å². The zero-order valence-corrected chi connectivity index (χ0v) is 10.0. The fraction of sp³-hybridized carbons (Fsp3) is 0.333. The van der Waals surface area contributed by atoms with Crippen LogP contribution >= 0.6 is 0 Å².